The molecule has 0 rings (SSSR count). The predicted molar refractivity (Wildman–Crippen MR) is 100 cm³/mol. The topological polar surface area (TPSA) is 40.5 Å². The monoisotopic (exact) mass is 320 g/mol. The lowest BCUT2D eigenvalue weighted by atomic mass is 10.1. The zero-order valence-electron chi connectivity index (χ0n) is 14.8. The van der Waals surface area contributed by atoms with Crippen molar-refractivity contribution in [1.82, 2.24) is 0 Å². The van der Waals surface area contributed by atoms with Gasteiger partial charge in [-0.15, -0.1) is 0 Å². The van der Waals surface area contributed by atoms with Crippen molar-refractivity contribution in [3.05, 3.63) is 24.8 Å². The first kappa shape index (κ1) is 22.0. The molecular formula is C21H36O2. The van der Waals surface area contributed by atoms with Crippen molar-refractivity contribution >= 4 is 0 Å². The first-order valence-electron chi connectivity index (χ1n) is 9.36. The molecule has 0 heterocycles. The van der Waals surface area contributed by atoms with Crippen molar-refractivity contribution in [2.24, 2.45) is 0 Å². The molecule has 0 amide bonds. The minimum Gasteiger partial charge on any atom is -0.396 e. The molecule has 132 valence electrons. The second-order valence-corrected chi connectivity index (χ2v) is 6.08. The fourth-order valence-corrected chi connectivity index (χ4v) is 2.45. The van der Waals surface area contributed by atoms with Crippen LogP contribution >= 0.6 is 0 Å². The maximum Gasteiger partial charge on any atom is 0.133 e. The maximum absolute atomic E-state index is 9.16. The highest BCUT2D eigenvalue weighted by atomic mass is 16.3. The van der Waals surface area contributed by atoms with Crippen molar-refractivity contribution in [2.45, 2.75) is 89.6 Å². The van der Waals surface area contributed by atoms with Crippen molar-refractivity contribution in [2.75, 3.05) is 6.61 Å². The van der Waals surface area contributed by atoms with E-state index in [2.05, 4.69) is 30.6 Å². The van der Waals surface area contributed by atoms with Crippen LogP contribution in [-0.2, 0) is 0 Å². The van der Waals surface area contributed by atoms with E-state index >= 15 is 0 Å². The zero-order chi connectivity index (χ0) is 17.0. The summed E-state index contributed by atoms with van der Waals surface area (Å²) in [4.78, 5) is 0. The van der Waals surface area contributed by atoms with Crippen LogP contribution in [0, 0.1) is 11.8 Å². The lowest BCUT2D eigenvalue weighted by Gasteiger charge is -2.02. The van der Waals surface area contributed by atoms with Crippen LogP contribution in [0.1, 0.15) is 83.5 Å². The molecule has 0 saturated heterocycles. The van der Waals surface area contributed by atoms with Crippen LogP contribution in [0.2, 0.25) is 0 Å². The Hall–Kier alpha value is -1.04. The van der Waals surface area contributed by atoms with Crippen LogP contribution < -0.4 is 0 Å². The van der Waals surface area contributed by atoms with Gasteiger partial charge in [0.1, 0.15) is 6.10 Å². The van der Waals surface area contributed by atoms with Gasteiger partial charge in [0.25, 0.3) is 0 Å². The fourth-order valence-electron chi connectivity index (χ4n) is 2.45. The van der Waals surface area contributed by atoms with Crippen LogP contribution in [0.4, 0.5) is 0 Å². The van der Waals surface area contributed by atoms with Crippen LogP contribution in [0.25, 0.3) is 0 Å². The molecule has 1 atom stereocenters. The highest BCUT2D eigenvalue weighted by Gasteiger charge is 1.93. The van der Waals surface area contributed by atoms with E-state index in [9.17, 15) is 0 Å². The summed E-state index contributed by atoms with van der Waals surface area (Å²) in [5, 5.41) is 17.8. The quantitative estimate of drug-likeness (QED) is 0.249. The number of allylic oxidation sites excluding steroid dienone is 2. The van der Waals surface area contributed by atoms with Gasteiger partial charge in [0, 0.05) is 13.0 Å². The Morgan fingerprint density at radius 2 is 1.30 bits per heavy atom. The molecule has 1 unspecified atom stereocenters. The number of unbranched alkanes of at least 4 members (excludes halogenated alkanes) is 11. The Bertz CT molecular complexity index is 335. The average Bonchev–Trinajstić information content (AvgIpc) is 2.57. The molecule has 0 aliphatic carbocycles. The first-order chi connectivity index (χ1) is 11.3. The Balaban J connectivity index is 3.18. The van der Waals surface area contributed by atoms with Crippen LogP contribution in [-0.4, -0.2) is 22.9 Å². The summed E-state index contributed by atoms with van der Waals surface area (Å²) in [6.07, 6.45) is 21.0. The molecule has 23 heavy (non-hydrogen) atoms. The molecule has 2 heteroatoms. The first-order valence-corrected chi connectivity index (χ1v) is 9.36. The van der Waals surface area contributed by atoms with E-state index in [-0.39, 0.29) is 0 Å². The summed E-state index contributed by atoms with van der Waals surface area (Å²) in [6.45, 7) is 3.83. The Morgan fingerprint density at radius 1 is 0.783 bits per heavy atom. The summed E-state index contributed by atoms with van der Waals surface area (Å²) in [6, 6.07) is 0. The largest absolute Gasteiger partial charge is 0.396 e. The van der Waals surface area contributed by atoms with Crippen molar-refractivity contribution in [3.63, 3.8) is 0 Å². The van der Waals surface area contributed by atoms with Crippen molar-refractivity contribution < 1.29 is 10.2 Å². The SMILES string of the molecule is C=CC(O)C#CCC=CCCCCCCCCCCCCCO. The van der Waals surface area contributed by atoms with Gasteiger partial charge in [-0.3, -0.25) is 0 Å². The summed E-state index contributed by atoms with van der Waals surface area (Å²) in [5.74, 6) is 5.62. The van der Waals surface area contributed by atoms with Crippen molar-refractivity contribution in [1.29, 1.82) is 0 Å². The molecule has 2 N–H and O–H groups in total. The number of hydrogen-bond acceptors (Lipinski definition) is 2. The lowest BCUT2D eigenvalue weighted by Crippen LogP contribution is -1.94. The number of aliphatic hydroxyl groups is 2. The average molecular weight is 321 g/mol. The highest BCUT2D eigenvalue weighted by Crippen LogP contribution is 2.12. The second kappa shape index (κ2) is 19.0. The number of rotatable bonds is 15. The molecule has 2 nitrogen and oxygen atoms in total. The van der Waals surface area contributed by atoms with E-state index in [1.54, 1.807) is 0 Å². The van der Waals surface area contributed by atoms with Crippen LogP contribution in [0.5, 0.6) is 0 Å². The van der Waals surface area contributed by atoms with Gasteiger partial charge in [-0.05, 0) is 19.3 Å². The van der Waals surface area contributed by atoms with E-state index in [4.69, 9.17) is 10.2 Å². The molecule has 0 fully saturated rings. The maximum atomic E-state index is 9.16. The third-order valence-corrected chi connectivity index (χ3v) is 3.89. The molecule has 0 aliphatic rings. The third-order valence-electron chi connectivity index (χ3n) is 3.89. The smallest absolute Gasteiger partial charge is 0.133 e. The Morgan fingerprint density at radius 3 is 1.83 bits per heavy atom. The van der Waals surface area contributed by atoms with Gasteiger partial charge in [0.15, 0.2) is 0 Å². The van der Waals surface area contributed by atoms with Crippen molar-refractivity contribution in [3.8, 4) is 11.8 Å². The van der Waals surface area contributed by atoms with E-state index in [0.717, 1.165) is 12.8 Å². The molecule has 0 radical (unpaired) electrons. The van der Waals surface area contributed by atoms with E-state index in [1.807, 2.05) is 0 Å². The minimum atomic E-state index is -0.691. The second-order valence-electron chi connectivity index (χ2n) is 6.08. The van der Waals surface area contributed by atoms with Gasteiger partial charge in [0.2, 0.25) is 0 Å². The van der Waals surface area contributed by atoms with Gasteiger partial charge >= 0.3 is 0 Å². The fraction of sp³-hybridized carbons (Fsp3) is 0.714. The van der Waals surface area contributed by atoms with E-state index in [1.165, 1.54) is 70.3 Å². The Kier molecular flexibility index (Phi) is 18.1. The number of hydrogen-bond donors (Lipinski definition) is 2. The van der Waals surface area contributed by atoms with Crippen LogP contribution in [0.15, 0.2) is 24.8 Å². The van der Waals surface area contributed by atoms with Gasteiger partial charge in [-0.2, -0.15) is 0 Å². The number of aliphatic hydroxyl groups excluding tert-OH is 2. The molecule has 0 aromatic carbocycles. The summed E-state index contributed by atoms with van der Waals surface area (Å²) < 4.78 is 0. The standard InChI is InChI=1S/C21H36O2/c1-2-21(23)19-17-15-13-11-9-7-5-3-4-6-8-10-12-14-16-18-20-22/h2,11,13,21-23H,1,3-10,12,14-16,18,20H2. The van der Waals surface area contributed by atoms with Gasteiger partial charge in [-0.1, -0.05) is 94.4 Å². The summed E-state index contributed by atoms with van der Waals surface area (Å²) in [7, 11) is 0. The molecule has 0 aromatic heterocycles. The highest BCUT2D eigenvalue weighted by molar-refractivity contribution is 5.12. The molecule has 0 bridgehead atoms. The van der Waals surface area contributed by atoms with Gasteiger partial charge in [-0.25, -0.2) is 0 Å². The lowest BCUT2D eigenvalue weighted by molar-refractivity contribution is 0.281. The zero-order valence-corrected chi connectivity index (χ0v) is 14.8. The molecule has 0 aliphatic heterocycles. The van der Waals surface area contributed by atoms with E-state index < -0.39 is 6.10 Å². The molecule has 0 spiro atoms. The van der Waals surface area contributed by atoms with Gasteiger partial charge in [0.05, 0.1) is 0 Å². The molecule has 0 aromatic rings. The summed E-state index contributed by atoms with van der Waals surface area (Å²) >= 11 is 0. The summed E-state index contributed by atoms with van der Waals surface area (Å²) in [5.41, 5.74) is 0. The molecular weight excluding hydrogens is 284 g/mol. The predicted octanol–water partition coefficient (Wildman–Crippen LogP) is 5.16. The Labute approximate surface area is 143 Å². The minimum absolute atomic E-state index is 0.348. The third kappa shape index (κ3) is 18.9. The normalized spacial score (nSPS) is 12.1. The van der Waals surface area contributed by atoms with Crippen LogP contribution in [0.3, 0.4) is 0 Å². The molecule has 0 saturated carbocycles. The van der Waals surface area contributed by atoms with E-state index in [0.29, 0.717) is 13.0 Å². The van der Waals surface area contributed by atoms with Gasteiger partial charge < -0.3 is 10.2 Å².